The van der Waals surface area contributed by atoms with Crippen molar-refractivity contribution in [1.29, 1.82) is 0 Å². The maximum Gasteiger partial charge on any atom is 0.179 e. The second-order valence-corrected chi connectivity index (χ2v) is 4.52. The first-order valence-electron chi connectivity index (χ1n) is 6.00. The molecule has 0 fully saturated rings. The quantitative estimate of drug-likeness (QED) is 0.766. The van der Waals surface area contributed by atoms with Crippen LogP contribution in [0.3, 0.4) is 0 Å². The van der Waals surface area contributed by atoms with Gasteiger partial charge in [0.05, 0.1) is 12.1 Å². The highest BCUT2D eigenvalue weighted by molar-refractivity contribution is 5.99. The fourth-order valence-electron chi connectivity index (χ4n) is 1.63. The zero-order valence-electron chi connectivity index (χ0n) is 10.8. The summed E-state index contributed by atoms with van der Waals surface area (Å²) in [7, 11) is 1.91. The van der Waals surface area contributed by atoms with Gasteiger partial charge in [0.15, 0.2) is 5.78 Å². The number of carbonyl (C=O) groups excluding carboxylic acids is 1. The normalized spacial score (nSPS) is 14.6. The summed E-state index contributed by atoms with van der Waals surface area (Å²) < 4.78 is 0. The van der Waals surface area contributed by atoms with Crippen LogP contribution in [0.25, 0.3) is 0 Å². The van der Waals surface area contributed by atoms with E-state index >= 15 is 0 Å². The van der Waals surface area contributed by atoms with Gasteiger partial charge < -0.3 is 5.11 Å². The molecule has 2 unspecified atom stereocenters. The third kappa shape index (κ3) is 4.29. The monoisotopic (exact) mass is 235 g/mol. The Morgan fingerprint density at radius 2 is 1.88 bits per heavy atom. The lowest BCUT2D eigenvalue weighted by atomic mass is 10.0. The lowest BCUT2D eigenvalue weighted by Gasteiger charge is -2.24. The largest absolute Gasteiger partial charge is 0.393 e. The van der Waals surface area contributed by atoms with Gasteiger partial charge in [0.2, 0.25) is 0 Å². The first kappa shape index (κ1) is 13.9. The molecule has 0 heterocycles. The number of hydrogen-bond donors (Lipinski definition) is 1. The fourth-order valence-corrected chi connectivity index (χ4v) is 1.63. The third-order valence-electron chi connectivity index (χ3n) is 3.00. The van der Waals surface area contributed by atoms with Crippen LogP contribution in [0, 0.1) is 0 Å². The average molecular weight is 235 g/mol. The van der Waals surface area contributed by atoms with Crippen molar-refractivity contribution in [3.63, 3.8) is 0 Å². The molecule has 3 heteroatoms. The van der Waals surface area contributed by atoms with Gasteiger partial charge in [0.25, 0.3) is 0 Å². The van der Waals surface area contributed by atoms with Gasteiger partial charge >= 0.3 is 0 Å². The van der Waals surface area contributed by atoms with Crippen LogP contribution < -0.4 is 0 Å². The van der Waals surface area contributed by atoms with E-state index in [0.29, 0.717) is 6.42 Å². The molecule has 3 nitrogen and oxygen atoms in total. The van der Waals surface area contributed by atoms with E-state index in [-0.39, 0.29) is 17.9 Å². The van der Waals surface area contributed by atoms with Crippen molar-refractivity contribution in [3.8, 4) is 0 Å². The molecular formula is C14H21NO2. The number of hydrogen-bond acceptors (Lipinski definition) is 3. The maximum atomic E-state index is 12.1. The molecule has 0 aliphatic carbocycles. The number of nitrogens with zero attached hydrogens (tertiary/aromatic N) is 1. The Morgan fingerprint density at radius 3 is 2.41 bits per heavy atom. The summed E-state index contributed by atoms with van der Waals surface area (Å²) in [5, 5.41) is 9.23. The van der Waals surface area contributed by atoms with Gasteiger partial charge in [-0.05, 0) is 27.3 Å². The molecule has 0 amide bonds. The predicted molar refractivity (Wildman–Crippen MR) is 69.2 cm³/mol. The number of ketones is 1. The molecule has 1 aromatic carbocycles. The Kier molecular flexibility index (Phi) is 5.32. The first-order chi connectivity index (χ1) is 8.02. The summed E-state index contributed by atoms with van der Waals surface area (Å²) in [6.07, 6.45) is 0.361. The third-order valence-corrected chi connectivity index (χ3v) is 3.00. The van der Waals surface area contributed by atoms with Gasteiger partial charge in [-0.15, -0.1) is 0 Å². The number of rotatable bonds is 6. The van der Waals surface area contributed by atoms with Crippen molar-refractivity contribution in [3.05, 3.63) is 35.9 Å². The summed E-state index contributed by atoms with van der Waals surface area (Å²) >= 11 is 0. The number of aliphatic hydroxyl groups excluding tert-OH is 1. The Labute approximate surface area is 103 Å². The van der Waals surface area contributed by atoms with E-state index in [2.05, 4.69) is 0 Å². The number of benzene rings is 1. The van der Waals surface area contributed by atoms with Crippen molar-refractivity contribution >= 4 is 5.78 Å². The number of aliphatic hydroxyl groups is 1. The maximum absolute atomic E-state index is 12.1. The second-order valence-electron chi connectivity index (χ2n) is 4.52. The highest BCUT2D eigenvalue weighted by Gasteiger charge is 2.19. The van der Waals surface area contributed by atoms with Crippen molar-refractivity contribution in [2.75, 3.05) is 13.6 Å². The zero-order valence-corrected chi connectivity index (χ0v) is 10.8. The van der Waals surface area contributed by atoms with Crippen molar-refractivity contribution in [2.24, 2.45) is 0 Å². The van der Waals surface area contributed by atoms with Crippen molar-refractivity contribution < 1.29 is 9.90 Å². The summed E-state index contributed by atoms with van der Waals surface area (Å²) in [5.41, 5.74) is 0.740. The van der Waals surface area contributed by atoms with Crippen LogP contribution in [0.4, 0.5) is 0 Å². The molecular weight excluding hydrogens is 214 g/mol. The molecule has 0 saturated heterocycles. The van der Waals surface area contributed by atoms with Gasteiger partial charge in [-0.3, -0.25) is 9.69 Å². The van der Waals surface area contributed by atoms with Crippen LogP contribution in [-0.2, 0) is 0 Å². The van der Waals surface area contributed by atoms with E-state index in [1.807, 2.05) is 49.2 Å². The molecule has 1 rings (SSSR count). The minimum atomic E-state index is -0.323. The molecule has 0 aromatic heterocycles. The molecule has 1 aromatic rings. The van der Waals surface area contributed by atoms with Crippen LogP contribution in [-0.4, -0.2) is 41.5 Å². The van der Waals surface area contributed by atoms with Gasteiger partial charge in [-0.25, -0.2) is 0 Å². The predicted octanol–water partition coefficient (Wildman–Crippen LogP) is 1.96. The van der Waals surface area contributed by atoms with Crippen LogP contribution in [0.15, 0.2) is 30.3 Å². The Balaban J connectivity index is 2.57. The molecule has 2 atom stereocenters. The number of likely N-dealkylation sites (N-methyl/N-ethyl adjacent to an activating group) is 1. The lowest BCUT2D eigenvalue weighted by molar-refractivity contribution is 0.0844. The molecule has 0 spiro atoms. The minimum absolute atomic E-state index is 0.124. The van der Waals surface area contributed by atoms with Crippen LogP contribution in [0.2, 0.25) is 0 Å². The number of carbonyl (C=O) groups is 1. The van der Waals surface area contributed by atoms with E-state index in [1.165, 1.54) is 0 Å². The van der Waals surface area contributed by atoms with Gasteiger partial charge in [-0.2, -0.15) is 0 Å². The van der Waals surface area contributed by atoms with Crippen LogP contribution in [0.5, 0.6) is 0 Å². The Hall–Kier alpha value is -1.19. The second kappa shape index (κ2) is 6.52. The van der Waals surface area contributed by atoms with Crippen LogP contribution in [0.1, 0.15) is 30.6 Å². The summed E-state index contributed by atoms with van der Waals surface area (Å²) in [4.78, 5) is 14.1. The first-order valence-corrected chi connectivity index (χ1v) is 6.00. The number of Topliss-reactive ketones (excluding diaryl/α,β-unsaturated/α-hetero) is 1. The van der Waals surface area contributed by atoms with Gasteiger partial charge in [-0.1, -0.05) is 30.3 Å². The zero-order chi connectivity index (χ0) is 12.8. The van der Waals surface area contributed by atoms with Crippen molar-refractivity contribution in [2.45, 2.75) is 32.4 Å². The molecule has 1 N–H and O–H groups in total. The molecule has 17 heavy (non-hydrogen) atoms. The molecule has 94 valence electrons. The molecule has 0 bridgehead atoms. The van der Waals surface area contributed by atoms with Crippen molar-refractivity contribution in [1.82, 2.24) is 4.90 Å². The topological polar surface area (TPSA) is 40.5 Å². The Bertz CT molecular complexity index is 348. The SMILES string of the molecule is CC(O)CCN(C)C(C)C(=O)c1ccccc1. The lowest BCUT2D eigenvalue weighted by Crippen LogP contribution is -2.37. The summed E-state index contributed by atoms with van der Waals surface area (Å²) in [6.45, 7) is 4.38. The fraction of sp³-hybridized carbons (Fsp3) is 0.500. The smallest absolute Gasteiger partial charge is 0.179 e. The van der Waals surface area contributed by atoms with Crippen LogP contribution >= 0.6 is 0 Å². The Morgan fingerprint density at radius 1 is 1.29 bits per heavy atom. The molecule has 0 aliphatic rings. The highest BCUT2D eigenvalue weighted by Crippen LogP contribution is 2.08. The molecule has 0 aliphatic heterocycles. The van der Waals surface area contributed by atoms with E-state index in [0.717, 1.165) is 12.1 Å². The van der Waals surface area contributed by atoms with E-state index in [4.69, 9.17) is 0 Å². The highest BCUT2D eigenvalue weighted by atomic mass is 16.3. The average Bonchev–Trinajstić information content (AvgIpc) is 2.35. The molecule has 0 radical (unpaired) electrons. The van der Waals surface area contributed by atoms with E-state index in [9.17, 15) is 9.90 Å². The molecule has 0 saturated carbocycles. The summed E-state index contributed by atoms with van der Waals surface area (Å²) in [6, 6.07) is 9.16. The van der Waals surface area contributed by atoms with Gasteiger partial charge in [0.1, 0.15) is 0 Å². The van der Waals surface area contributed by atoms with E-state index in [1.54, 1.807) is 6.92 Å². The van der Waals surface area contributed by atoms with E-state index < -0.39 is 0 Å². The minimum Gasteiger partial charge on any atom is -0.393 e. The standard InChI is InChI=1S/C14H21NO2/c1-11(16)9-10-15(3)12(2)14(17)13-7-5-4-6-8-13/h4-8,11-12,16H,9-10H2,1-3H3. The summed E-state index contributed by atoms with van der Waals surface area (Å²) in [5.74, 6) is 0.124. The van der Waals surface area contributed by atoms with Gasteiger partial charge in [0, 0.05) is 12.1 Å².